The van der Waals surface area contributed by atoms with Crippen molar-refractivity contribution in [1.29, 1.82) is 5.26 Å². The summed E-state index contributed by atoms with van der Waals surface area (Å²) in [6.07, 6.45) is 3.45. The number of hydrogen-bond donors (Lipinski definition) is 0. The largest absolute Gasteiger partial charge is 0.490 e. The molecule has 5 nitrogen and oxygen atoms in total. The highest BCUT2D eigenvalue weighted by atomic mass is 35.5. The van der Waals surface area contributed by atoms with Gasteiger partial charge in [0.05, 0.1) is 29.5 Å². The zero-order chi connectivity index (χ0) is 14.4. The maximum atomic E-state index is 9.27. The number of para-hydroxylation sites is 1. The maximum absolute atomic E-state index is 9.27. The van der Waals surface area contributed by atoms with E-state index in [9.17, 15) is 5.26 Å². The minimum atomic E-state index is 0.132. The fourth-order valence-electron chi connectivity index (χ4n) is 2.71. The summed E-state index contributed by atoms with van der Waals surface area (Å²) in [5.41, 5.74) is 2.86. The first kappa shape index (κ1) is 12.2. The summed E-state index contributed by atoms with van der Waals surface area (Å²) in [4.78, 5) is 8.11. The first-order valence-electron chi connectivity index (χ1n) is 6.45. The number of rotatable bonds is 1. The molecule has 4 rings (SSSR count). The van der Waals surface area contributed by atoms with Crippen LogP contribution in [0.1, 0.15) is 5.56 Å². The Balaban J connectivity index is 2.08. The molecule has 2 aromatic heterocycles. The third kappa shape index (κ3) is 1.77. The van der Waals surface area contributed by atoms with Gasteiger partial charge in [-0.25, -0.2) is 9.97 Å². The number of nitrogens with zero attached hydrogens (tertiary/aromatic N) is 4. The van der Waals surface area contributed by atoms with Gasteiger partial charge in [0.2, 0.25) is 5.28 Å². The van der Waals surface area contributed by atoms with E-state index in [4.69, 9.17) is 16.3 Å². The van der Waals surface area contributed by atoms with Crippen molar-refractivity contribution in [3.8, 4) is 23.1 Å². The summed E-state index contributed by atoms with van der Waals surface area (Å²) < 4.78 is 7.81. The topological polar surface area (TPSA) is 63.7 Å². The molecule has 6 heteroatoms. The molecule has 0 saturated carbocycles. The summed E-state index contributed by atoms with van der Waals surface area (Å²) in [6.45, 7) is 1.41. The molecule has 0 fully saturated rings. The van der Waals surface area contributed by atoms with Gasteiger partial charge in [-0.05, 0) is 17.7 Å². The number of benzene rings is 1. The third-order valence-corrected chi connectivity index (χ3v) is 3.77. The van der Waals surface area contributed by atoms with Gasteiger partial charge in [0.15, 0.2) is 0 Å². The summed E-state index contributed by atoms with van der Waals surface area (Å²) in [7, 11) is 0. The van der Waals surface area contributed by atoms with E-state index in [0.29, 0.717) is 17.9 Å². The first-order valence-corrected chi connectivity index (χ1v) is 6.83. The van der Waals surface area contributed by atoms with Crippen LogP contribution in [0, 0.1) is 11.3 Å². The molecule has 0 N–H and O–H groups in total. The predicted molar refractivity (Wildman–Crippen MR) is 78.2 cm³/mol. The SMILES string of the molecule is N#Cc1cnc(Cl)nc1-c1cn2c3c(cccc13)OCC2. The molecule has 0 bridgehead atoms. The Hall–Kier alpha value is -2.58. The number of aromatic nitrogens is 3. The Morgan fingerprint density at radius 3 is 3.14 bits per heavy atom. The lowest BCUT2D eigenvalue weighted by molar-refractivity contribution is 0.287. The number of nitriles is 1. The molecule has 1 aliphatic heterocycles. The predicted octanol–water partition coefficient (Wildman–Crippen LogP) is 3.02. The van der Waals surface area contributed by atoms with Crippen LogP contribution >= 0.6 is 11.6 Å². The lowest BCUT2D eigenvalue weighted by atomic mass is 10.1. The van der Waals surface area contributed by atoms with Crippen molar-refractivity contribution in [3.63, 3.8) is 0 Å². The average molecular weight is 297 g/mol. The van der Waals surface area contributed by atoms with Gasteiger partial charge in [0, 0.05) is 17.1 Å². The monoisotopic (exact) mass is 296 g/mol. The Bertz CT molecular complexity index is 910. The van der Waals surface area contributed by atoms with Crippen LogP contribution in [0.2, 0.25) is 5.28 Å². The van der Waals surface area contributed by atoms with E-state index in [2.05, 4.69) is 20.6 Å². The highest BCUT2D eigenvalue weighted by Gasteiger charge is 2.20. The van der Waals surface area contributed by atoms with Gasteiger partial charge in [-0.2, -0.15) is 5.26 Å². The maximum Gasteiger partial charge on any atom is 0.222 e. The summed E-state index contributed by atoms with van der Waals surface area (Å²) >= 11 is 5.90. The molecule has 3 heterocycles. The van der Waals surface area contributed by atoms with Crippen LogP contribution in [0.5, 0.6) is 5.75 Å². The molecular formula is C15H9ClN4O. The zero-order valence-electron chi connectivity index (χ0n) is 10.9. The first-order chi connectivity index (χ1) is 10.3. The Morgan fingerprint density at radius 2 is 2.29 bits per heavy atom. The molecule has 0 aliphatic carbocycles. The van der Waals surface area contributed by atoms with Crippen molar-refractivity contribution in [2.75, 3.05) is 6.61 Å². The van der Waals surface area contributed by atoms with Crippen LogP contribution in [0.4, 0.5) is 0 Å². The standard InChI is InChI=1S/C15H9ClN4O/c16-15-18-7-9(6-17)13(19-15)11-8-20-4-5-21-12-3-1-2-10(11)14(12)20/h1-3,7-8H,4-5H2. The second-order valence-electron chi connectivity index (χ2n) is 4.75. The van der Waals surface area contributed by atoms with Crippen molar-refractivity contribution >= 4 is 22.5 Å². The summed E-state index contributed by atoms with van der Waals surface area (Å²) in [6, 6.07) is 8.00. The second kappa shape index (κ2) is 4.47. The minimum absolute atomic E-state index is 0.132. The van der Waals surface area contributed by atoms with Crippen LogP contribution in [-0.2, 0) is 6.54 Å². The van der Waals surface area contributed by atoms with E-state index in [1.54, 1.807) is 0 Å². The fraction of sp³-hybridized carbons (Fsp3) is 0.133. The molecule has 0 radical (unpaired) electrons. The molecule has 0 atom stereocenters. The van der Waals surface area contributed by atoms with E-state index in [-0.39, 0.29) is 5.28 Å². The second-order valence-corrected chi connectivity index (χ2v) is 5.09. The van der Waals surface area contributed by atoms with Crippen LogP contribution in [0.3, 0.4) is 0 Å². The fourth-order valence-corrected chi connectivity index (χ4v) is 2.84. The van der Waals surface area contributed by atoms with Crippen LogP contribution in [0.15, 0.2) is 30.6 Å². The molecule has 0 saturated heterocycles. The van der Waals surface area contributed by atoms with Crippen LogP contribution in [0.25, 0.3) is 22.2 Å². The Labute approximate surface area is 125 Å². The highest BCUT2D eigenvalue weighted by molar-refractivity contribution is 6.28. The molecule has 21 heavy (non-hydrogen) atoms. The molecule has 1 aromatic carbocycles. The van der Waals surface area contributed by atoms with Crippen molar-refractivity contribution in [2.24, 2.45) is 0 Å². The summed E-state index contributed by atoms with van der Waals surface area (Å²) in [5.74, 6) is 0.851. The van der Waals surface area contributed by atoms with Crippen LogP contribution < -0.4 is 4.74 Å². The van der Waals surface area contributed by atoms with Crippen molar-refractivity contribution < 1.29 is 4.74 Å². The zero-order valence-corrected chi connectivity index (χ0v) is 11.6. The molecule has 0 unspecified atom stereocenters. The van der Waals surface area contributed by atoms with Gasteiger partial charge in [-0.3, -0.25) is 0 Å². The third-order valence-electron chi connectivity index (χ3n) is 3.59. The van der Waals surface area contributed by atoms with E-state index >= 15 is 0 Å². The van der Waals surface area contributed by atoms with Gasteiger partial charge in [0.25, 0.3) is 0 Å². The normalized spacial score (nSPS) is 13.0. The van der Waals surface area contributed by atoms with E-state index in [0.717, 1.165) is 28.8 Å². The quantitative estimate of drug-likeness (QED) is 0.648. The highest BCUT2D eigenvalue weighted by Crippen LogP contribution is 2.37. The van der Waals surface area contributed by atoms with Crippen molar-refractivity contribution in [3.05, 3.63) is 41.4 Å². The van der Waals surface area contributed by atoms with E-state index in [1.807, 2.05) is 24.4 Å². The van der Waals surface area contributed by atoms with Crippen molar-refractivity contribution in [1.82, 2.24) is 14.5 Å². The molecule has 0 amide bonds. The van der Waals surface area contributed by atoms with Gasteiger partial charge >= 0.3 is 0 Å². The molecule has 1 aliphatic rings. The number of halogens is 1. The Kier molecular flexibility index (Phi) is 2.59. The smallest absolute Gasteiger partial charge is 0.222 e. The van der Waals surface area contributed by atoms with Gasteiger partial charge in [-0.15, -0.1) is 0 Å². The van der Waals surface area contributed by atoms with Gasteiger partial charge in [0.1, 0.15) is 18.4 Å². The molecule has 0 spiro atoms. The van der Waals surface area contributed by atoms with Gasteiger partial charge in [-0.1, -0.05) is 12.1 Å². The van der Waals surface area contributed by atoms with E-state index < -0.39 is 0 Å². The molecule has 102 valence electrons. The van der Waals surface area contributed by atoms with Gasteiger partial charge < -0.3 is 9.30 Å². The summed E-state index contributed by atoms with van der Waals surface area (Å²) in [5, 5.41) is 10.4. The van der Waals surface area contributed by atoms with Crippen molar-refractivity contribution in [2.45, 2.75) is 6.54 Å². The number of ether oxygens (including phenoxy) is 1. The minimum Gasteiger partial charge on any atom is -0.490 e. The lowest BCUT2D eigenvalue weighted by Crippen LogP contribution is -2.12. The molecule has 3 aromatic rings. The molecular weight excluding hydrogens is 288 g/mol. The van der Waals surface area contributed by atoms with Crippen LogP contribution in [-0.4, -0.2) is 21.1 Å². The van der Waals surface area contributed by atoms with E-state index in [1.165, 1.54) is 6.20 Å². The number of hydrogen-bond acceptors (Lipinski definition) is 4. The lowest BCUT2D eigenvalue weighted by Gasteiger charge is -2.16. The average Bonchev–Trinajstić information content (AvgIpc) is 2.89. The Morgan fingerprint density at radius 1 is 1.38 bits per heavy atom.